The Hall–Kier alpha value is -2.28. The maximum Gasteiger partial charge on any atom is 0.313 e. The Morgan fingerprint density at radius 3 is 0.826 bits per heavy atom. The van der Waals surface area contributed by atoms with Gasteiger partial charge in [0.05, 0.1) is 46.6 Å². The molecule has 69 heavy (non-hydrogen) atoms. The van der Waals surface area contributed by atoms with Gasteiger partial charge in [0.25, 0.3) is 0 Å². The molecule has 4 rings (SSSR count). The van der Waals surface area contributed by atoms with E-state index in [1.54, 1.807) is 0 Å². The van der Waals surface area contributed by atoms with Crippen LogP contribution in [-0.2, 0) is 57.1 Å². The van der Waals surface area contributed by atoms with Crippen molar-refractivity contribution < 1.29 is 57.1 Å². The lowest BCUT2D eigenvalue weighted by Crippen LogP contribution is -2.28. The van der Waals surface area contributed by atoms with Crippen LogP contribution in [0.15, 0.2) is 0 Å². The maximum atomic E-state index is 11.7. The van der Waals surface area contributed by atoms with Crippen molar-refractivity contribution >= 4 is 23.9 Å². The fourth-order valence-corrected chi connectivity index (χ4v) is 7.27. The van der Waals surface area contributed by atoms with Crippen molar-refractivity contribution in [3.8, 4) is 0 Å². The van der Waals surface area contributed by atoms with Crippen molar-refractivity contribution in [1.82, 2.24) is 0 Å². The molecule has 0 N–H and O–H groups in total. The molecule has 0 aromatic carbocycles. The molecule has 4 aliphatic rings. The Morgan fingerprint density at radius 2 is 0.565 bits per heavy atom. The number of carbonyl (C=O) groups is 4. The van der Waals surface area contributed by atoms with Crippen LogP contribution >= 0.6 is 0 Å². The van der Waals surface area contributed by atoms with E-state index in [2.05, 4.69) is 0 Å². The van der Waals surface area contributed by atoms with Gasteiger partial charge >= 0.3 is 23.9 Å². The molecule has 0 aromatic rings. The van der Waals surface area contributed by atoms with Crippen LogP contribution in [0.1, 0.15) is 267 Å². The second-order valence-electron chi connectivity index (χ2n) is 21.3. The Bertz CT molecular complexity index is 1270. The number of hydrogen-bond acceptors (Lipinski definition) is 12. The molecule has 0 radical (unpaired) electrons. The summed E-state index contributed by atoms with van der Waals surface area (Å²) in [6.07, 6.45) is 28.5. The van der Waals surface area contributed by atoms with Crippen molar-refractivity contribution in [2.45, 2.75) is 285 Å². The molecule has 4 aliphatic carbocycles. The van der Waals surface area contributed by atoms with E-state index in [1.807, 2.05) is 83.1 Å². The highest BCUT2D eigenvalue weighted by Gasteiger charge is 2.30. The van der Waals surface area contributed by atoms with E-state index in [9.17, 15) is 19.2 Å². The van der Waals surface area contributed by atoms with Gasteiger partial charge < -0.3 is 37.9 Å². The molecule has 414 valence electrons. The van der Waals surface area contributed by atoms with Gasteiger partial charge in [0.15, 0.2) is 27.2 Å². The summed E-state index contributed by atoms with van der Waals surface area (Å²) in [7, 11) is 0. The molecule has 0 spiro atoms. The van der Waals surface area contributed by atoms with E-state index in [1.165, 1.54) is 89.9 Å². The van der Waals surface area contributed by atoms with E-state index < -0.39 is 16.2 Å². The lowest BCUT2D eigenvalue weighted by atomic mass is 9.90. The molecule has 0 amide bonds. The van der Waals surface area contributed by atoms with E-state index in [-0.39, 0.29) is 92.3 Å². The second kappa shape index (κ2) is 40.2. The lowest BCUT2D eigenvalue weighted by molar-refractivity contribution is -0.173. The molecule has 0 bridgehead atoms. The molecule has 12 nitrogen and oxygen atoms in total. The first-order chi connectivity index (χ1) is 30.7. The van der Waals surface area contributed by atoms with Crippen molar-refractivity contribution in [2.24, 2.45) is 27.6 Å². The molecule has 0 heterocycles. The van der Waals surface area contributed by atoms with Crippen LogP contribution in [0.25, 0.3) is 0 Å². The molecule has 0 saturated heterocycles. The average Bonchev–Trinajstić information content (AvgIpc) is 3.70. The van der Waals surface area contributed by atoms with Gasteiger partial charge in [0.2, 0.25) is 0 Å². The third kappa shape index (κ3) is 32.4. The zero-order chi connectivity index (χ0) is 48.8. The van der Waals surface area contributed by atoms with Crippen molar-refractivity contribution in [3.63, 3.8) is 0 Å². The summed E-state index contributed by atoms with van der Waals surface area (Å²) in [5.74, 6) is 0.0210. The predicted molar refractivity (Wildman–Crippen MR) is 283 cm³/mol. The zero-order valence-electron chi connectivity index (χ0n) is 43.7. The Morgan fingerprint density at radius 1 is 0.348 bits per heavy atom. The summed E-state index contributed by atoms with van der Waals surface area (Å²) in [5, 5.41) is 0. The van der Waals surface area contributed by atoms with Crippen LogP contribution in [0, 0.1) is 27.6 Å². The summed E-state index contributed by atoms with van der Waals surface area (Å²) in [6, 6.07) is 0. The van der Waals surface area contributed by atoms with Crippen LogP contribution < -0.4 is 0 Å². The number of carbonyl (C=O) groups excluding carboxylic acids is 4. The number of esters is 4. The highest BCUT2D eigenvalue weighted by Crippen LogP contribution is 2.27. The van der Waals surface area contributed by atoms with Crippen LogP contribution in [0.3, 0.4) is 0 Å². The van der Waals surface area contributed by atoms with Gasteiger partial charge in [0, 0.05) is 0 Å². The highest BCUT2D eigenvalue weighted by atomic mass is 16.7. The monoisotopic (exact) mass is 991 g/mol. The first kappa shape index (κ1) is 73.3. The number of rotatable bonds is 21. The molecule has 0 aliphatic heterocycles. The van der Waals surface area contributed by atoms with Gasteiger partial charge in [-0.15, -0.1) is 0 Å². The standard InChI is InChI=1S/2C14H26O3.C13H24O3.C12H22O3.4CH4/c1-4-14(2,3)13(15)17-11-16-10-12-8-6-5-7-9-12;1-4-14(2,3)13(15)17-11-16-12-9-7-5-6-8-10-12;1-4-13(2,3)12(14)16-10-15-11-8-6-5-7-9-11;1-4-12(2,3)11(13)15-9-14-10-7-5-6-8-10;;;;/h2*12H,4-11H2,1-3H3;11H,4-10H2,1-3H3;10H,4-9H2,1-3H3;4*1H4. The number of ether oxygens (including phenoxy) is 8. The highest BCUT2D eigenvalue weighted by molar-refractivity contribution is 5.76. The van der Waals surface area contributed by atoms with Crippen molar-refractivity contribution in [1.29, 1.82) is 0 Å². The predicted octanol–water partition coefficient (Wildman–Crippen LogP) is 15.9. The molecule has 0 atom stereocenters. The summed E-state index contributed by atoms with van der Waals surface area (Å²) < 4.78 is 42.6. The van der Waals surface area contributed by atoms with Gasteiger partial charge in [0.1, 0.15) is 0 Å². The van der Waals surface area contributed by atoms with E-state index >= 15 is 0 Å². The minimum Gasteiger partial charge on any atom is -0.438 e. The minimum absolute atomic E-state index is 0. The summed E-state index contributed by atoms with van der Waals surface area (Å²) >= 11 is 0. The fourth-order valence-electron chi connectivity index (χ4n) is 7.27. The molecular weight excluding hydrogens is 877 g/mol. The molecule has 0 aromatic heterocycles. The summed E-state index contributed by atoms with van der Waals surface area (Å²) in [6.45, 7) is 24.3. The average molecular weight is 992 g/mol. The smallest absolute Gasteiger partial charge is 0.313 e. The quantitative estimate of drug-likeness (QED) is 0.0355. The summed E-state index contributed by atoms with van der Waals surface area (Å²) in [4.78, 5) is 46.6. The van der Waals surface area contributed by atoms with Crippen LogP contribution in [-0.4, -0.2) is 76.0 Å². The molecule has 4 fully saturated rings. The zero-order valence-corrected chi connectivity index (χ0v) is 43.7. The number of hydrogen-bond donors (Lipinski definition) is 0. The third-order valence-electron chi connectivity index (χ3n) is 14.2. The van der Waals surface area contributed by atoms with E-state index in [4.69, 9.17) is 37.9 Å². The third-order valence-corrected chi connectivity index (χ3v) is 14.2. The first-order valence-corrected chi connectivity index (χ1v) is 25.9. The van der Waals surface area contributed by atoms with Crippen molar-refractivity contribution in [2.75, 3.05) is 33.8 Å². The van der Waals surface area contributed by atoms with Crippen LogP contribution in [0.5, 0.6) is 0 Å². The Kier molecular flexibility index (Phi) is 42.7. The SMILES string of the molecule is C.C.C.C.CCC(C)(C)C(=O)OCOC1CCCC1.CCC(C)(C)C(=O)OCOC1CCCCC1.CCC(C)(C)C(=O)OCOC1CCCCCC1.CCC(C)(C)C(=O)OCOCC1CCCCC1. The molecule has 12 heteroatoms. The van der Waals surface area contributed by atoms with E-state index in [0.29, 0.717) is 18.1 Å². The second-order valence-corrected chi connectivity index (χ2v) is 21.3. The lowest BCUT2D eigenvalue weighted by Gasteiger charge is -2.24. The Balaban J connectivity index is -0.000000401. The topological polar surface area (TPSA) is 142 Å². The van der Waals surface area contributed by atoms with Crippen molar-refractivity contribution in [3.05, 3.63) is 0 Å². The Labute approximate surface area is 426 Å². The van der Waals surface area contributed by atoms with Gasteiger partial charge in [-0.2, -0.15) is 0 Å². The van der Waals surface area contributed by atoms with Gasteiger partial charge in [-0.25, -0.2) is 0 Å². The van der Waals surface area contributed by atoms with Gasteiger partial charge in [-0.3, -0.25) is 19.2 Å². The van der Waals surface area contributed by atoms with Gasteiger partial charge in [-0.05, 0) is 138 Å². The summed E-state index contributed by atoms with van der Waals surface area (Å²) in [5.41, 5.74) is -1.57. The minimum atomic E-state index is -0.396. The van der Waals surface area contributed by atoms with Crippen LogP contribution in [0.4, 0.5) is 0 Å². The van der Waals surface area contributed by atoms with Gasteiger partial charge in [-0.1, -0.05) is 134 Å². The largest absolute Gasteiger partial charge is 0.438 e. The molecule has 0 unspecified atom stereocenters. The van der Waals surface area contributed by atoms with E-state index in [0.717, 1.165) is 70.8 Å². The van der Waals surface area contributed by atoms with Crippen LogP contribution in [0.2, 0.25) is 0 Å². The molecular formula is C57H114O12. The molecule has 4 saturated carbocycles. The first-order valence-electron chi connectivity index (χ1n) is 25.9. The fraction of sp³-hybridized carbons (Fsp3) is 0.930. The normalized spacial score (nSPS) is 17.3. The maximum absolute atomic E-state index is 11.7.